The highest BCUT2D eigenvalue weighted by molar-refractivity contribution is 6.19. The number of carbonyl (C=O) groups is 4. The van der Waals surface area contributed by atoms with E-state index in [1.54, 1.807) is 52.8 Å². The summed E-state index contributed by atoms with van der Waals surface area (Å²) in [4.78, 5) is 70.1. The Labute approximate surface area is 410 Å². The molecular weight excluding hydrogens is 903 g/mol. The van der Waals surface area contributed by atoms with E-state index >= 15 is 0 Å². The minimum absolute atomic E-state index is 0.000720. The first-order chi connectivity index (χ1) is 32.9. The van der Waals surface area contributed by atoms with Crippen LogP contribution in [0, 0.1) is 42.4 Å². The van der Waals surface area contributed by atoms with E-state index in [1.165, 1.54) is 40.2 Å². The van der Waals surface area contributed by atoms with Crippen LogP contribution in [0.3, 0.4) is 0 Å². The number of benzene rings is 2. The van der Waals surface area contributed by atoms with E-state index in [1.807, 2.05) is 19.0 Å². The second kappa shape index (κ2) is 21.5. The highest BCUT2D eigenvalue weighted by Gasteiger charge is 2.50. The average Bonchev–Trinajstić information content (AvgIpc) is 3.81. The molecule has 70 heavy (non-hydrogen) atoms. The van der Waals surface area contributed by atoms with Gasteiger partial charge in [-0.1, -0.05) is 59.8 Å². The molecule has 4 heterocycles. The number of aliphatic hydroxyl groups is 2. The summed E-state index contributed by atoms with van der Waals surface area (Å²) in [6.07, 6.45) is 4.19. The third-order valence-electron chi connectivity index (χ3n) is 14.3. The lowest BCUT2D eigenvalue weighted by molar-refractivity contribution is -0.173. The molecule has 1 saturated heterocycles. The number of methoxy groups -OCH3 is 1. The second-order valence-electron chi connectivity index (χ2n) is 20.5. The van der Waals surface area contributed by atoms with Crippen molar-refractivity contribution in [2.45, 2.75) is 118 Å². The Kier molecular flexibility index (Phi) is 16.6. The molecule has 0 radical (unpaired) electrons. The molecule has 0 aliphatic carbocycles. The number of likely N-dealkylation sites (N-methyl/N-ethyl adjacent to an activating group) is 1. The van der Waals surface area contributed by atoms with Gasteiger partial charge in [0.1, 0.15) is 35.3 Å². The fourth-order valence-corrected chi connectivity index (χ4v) is 9.79. The Morgan fingerprint density at radius 1 is 0.929 bits per heavy atom. The summed E-state index contributed by atoms with van der Waals surface area (Å²) in [6, 6.07) is 0. The molecule has 4 bridgehead atoms. The highest BCUT2D eigenvalue weighted by Crippen LogP contribution is 2.50. The SMILES string of the molecule is CO[C@H]1/C=C/OC2(C)Oc3c(C)c(O)c4c(O)c(c5c(c4c3C2=O)=NC2(CCN(CC(C)C)CC2)N=5)NC(=O)/C(C)=C\C=C\[C@H](C)[C@H](O)[C@@H](C)[C@@H](O)[C@@H](C)[C@H](OC(=O)C(C)C(=O)OCCN(C)C)[C@@H]1C. The molecule has 4 aliphatic heterocycles. The maximum absolute atomic E-state index is 14.9. The maximum Gasteiger partial charge on any atom is 0.320 e. The number of hydrogen-bond donors (Lipinski definition) is 5. The molecule has 0 aromatic heterocycles. The second-order valence-corrected chi connectivity index (χ2v) is 20.5. The van der Waals surface area contributed by atoms with Crippen LogP contribution in [0.5, 0.6) is 17.2 Å². The van der Waals surface area contributed by atoms with Crippen LogP contribution in [-0.2, 0) is 33.3 Å². The zero-order valence-corrected chi connectivity index (χ0v) is 42.9. The number of phenols is 2. The topological polar surface area (TPSA) is 239 Å². The first-order valence-electron chi connectivity index (χ1n) is 24.3. The molecule has 1 fully saturated rings. The number of anilines is 1. The van der Waals surface area contributed by atoms with Crippen molar-refractivity contribution in [1.82, 2.24) is 9.80 Å². The molecule has 6 rings (SSSR count). The van der Waals surface area contributed by atoms with Crippen LogP contribution in [0.4, 0.5) is 5.69 Å². The molecule has 4 aliphatic rings. The number of aromatic hydroxyl groups is 2. The monoisotopic (exact) mass is 976 g/mol. The molecule has 0 saturated carbocycles. The summed E-state index contributed by atoms with van der Waals surface area (Å²) in [7, 11) is 5.06. The third-order valence-corrected chi connectivity index (χ3v) is 14.3. The Morgan fingerprint density at radius 3 is 2.21 bits per heavy atom. The number of Topliss-reactive ketones (excluding diaryl/α,β-unsaturated/α-hetero) is 1. The van der Waals surface area contributed by atoms with Crippen LogP contribution < -0.4 is 20.8 Å². The van der Waals surface area contributed by atoms with Gasteiger partial charge in [-0.05, 0) is 46.9 Å². The number of nitrogens with one attached hydrogen (secondary N) is 1. The minimum atomic E-state index is -2.03. The van der Waals surface area contributed by atoms with E-state index in [0.29, 0.717) is 38.4 Å². The normalized spacial score (nSPS) is 30.4. The summed E-state index contributed by atoms with van der Waals surface area (Å²) >= 11 is 0. The first kappa shape index (κ1) is 53.9. The summed E-state index contributed by atoms with van der Waals surface area (Å²) in [5.74, 6) is -9.67. The molecule has 10 atom stereocenters. The molecule has 384 valence electrons. The van der Waals surface area contributed by atoms with Crippen molar-refractivity contribution in [2.24, 2.45) is 45.5 Å². The van der Waals surface area contributed by atoms with Gasteiger partial charge in [0.25, 0.3) is 11.7 Å². The predicted octanol–water partition coefficient (Wildman–Crippen LogP) is 4.47. The number of likely N-dealkylation sites (tertiary alicyclic amines) is 1. The lowest BCUT2D eigenvalue weighted by Gasteiger charge is -2.38. The van der Waals surface area contributed by atoms with Crippen LogP contribution in [0.25, 0.3) is 10.8 Å². The number of amides is 1. The van der Waals surface area contributed by atoms with Gasteiger partial charge in [0.15, 0.2) is 17.3 Å². The van der Waals surface area contributed by atoms with E-state index in [4.69, 9.17) is 33.7 Å². The fraction of sp³-hybridized carbons (Fsp3) is 0.615. The number of hydrogen-bond acceptors (Lipinski definition) is 17. The summed E-state index contributed by atoms with van der Waals surface area (Å²) in [5.41, 5.74) is -0.724. The average molecular weight is 976 g/mol. The van der Waals surface area contributed by atoms with Crippen LogP contribution in [0.15, 0.2) is 46.1 Å². The summed E-state index contributed by atoms with van der Waals surface area (Å²) < 4.78 is 29.8. The Hall–Kier alpha value is -5.40. The van der Waals surface area contributed by atoms with Gasteiger partial charge in [-0.3, -0.25) is 29.2 Å². The number of aliphatic hydroxyl groups excluding tert-OH is 2. The largest absolute Gasteiger partial charge is 0.507 e. The molecule has 1 amide bonds. The van der Waals surface area contributed by atoms with Crippen molar-refractivity contribution in [3.05, 3.63) is 58.0 Å². The maximum atomic E-state index is 14.9. The smallest absolute Gasteiger partial charge is 0.320 e. The molecule has 1 spiro atoms. The molecule has 2 aromatic carbocycles. The Balaban J connectivity index is 1.47. The summed E-state index contributed by atoms with van der Waals surface area (Å²) in [6.45, 7) is 19.8. The Bertz CT molecular complexity index is 2570. The van der Waals surface area contributed by atoms with E-state index in [2.05, 4.69) is 24.1 Å². The zero-order valence-electron chi connectivity index (χ0n) is 42.9. The van der Waals surface area contributed by atoms with Gasteiger partial charge < -0.3 is 59.2 Å². The number of rotatable bonds is 9. The van der Waals surface area contributed by atoms with Crippen molar-refractivity contribution in [3.8, 4) is 17.2 Å². The molecule has 5 N–H and O–H groups in total. The van der Waals surface area contributed by atoms with Crippen molar-refractivity contribution in [1.29, 1.82) is 0 Å². The van der Waals surface area contributed by atoms with Crippen LogP contribution >= 0.6 is 0 Å². The number of ether oxygens (including phenoxy) is 5. The third kappa shape index (κ3) is 10.8. The number of carbonyl (C=O) groups excluding carboxylic acids is 4. The van der Waals surface area contributed by atoms with Gasteiger partial charge in [0, 0.05) is 93.2 Å². The van der Waals surface area contributed by atoms with Crippen molar-refractivity contribution < 1.29 is 63.3 Å². The van der Waals surface area contributed by atoms with Crippen LogP contribution in [0.2, 0.25) is 0 Å². The van der Waals surface area contributed by atoms with Crippen LogP contribution in [-0.4, -0.2) is 144 Å². The van der Waals surface area contributed by atoms with Crippen molar-refractivity contribution in [3.63, 3.8) is 0 Å². The number of phenolic OH excluding ortho intramolecular Hbond substituents is 2. The zero-order chi connectivity index (χ0) is 51.7. The van der Waals surface area contributed by atoms with Gasteiger partial charge in [0.2, 0.25) is 0 Å². The molecule has 2 unspecified atom stereocenters. The fourth-order valence-electron chi connectivity index (χ4n) is 9.79. The summed E-state index contributed by atoms with van der Waals surface area (Å²) in [5, 5.41) is 50.8. The van der Waals surface area contributed by atoms with E-state index in [0.717, 1.165) is 6.54 Å². The van der Waals surface area contributed by atoms with Gasteiger partial charge >= 0.3 is 17.7 Å². The number of fused-ring (bicyclic) bond motifs is 1. The number of ketones is 1. The van der Waals surface area contributed by atoms with Gasteiger partial charge in [-0.15, -0.1) is 0 Å². The lowest BCUT2D eigenvalue weighted by Crippen LogP contribution is -2.47. The molecular formula is C52H73N5O13. The standard InChI is InChI=1S/C52H73N5O13/c1-26(2)25-57-20-18-52(19-21-57)54-38-35-36-43(60)32(8)46-37(35)47(62)51(10,70-46)68-23-17-34(66-13)29(5)45(69-50(65)33(9)49(64)67-24-22-56(11)12)31(7)42(59)30(6)41(58)27(3)15-14-16-28(4)48(63)53-40(44(36)61)39(38)55-52/h14-17,23,26-27,29-31,33-34,41-42,45,58-61H,18-22,24-25H2,1-13H3,(H,53,63)/b15-14+,23-17+,28-16-/t27-,29+,30+,31+,33?,34-,41-,42+,45+,51?/m0/s1. The number of esters is 2. The Morgan fingerprint density at radius 2 is 1.59 bits per heavy atom. The van der Waals surface area contributed by atoms with Gasteiger partial charge in [-0.2, -0.15) is 0 Å². The number of nitrogens with zero attached hydrogens (tertiary/aromatic N) is 4. The number of allylic oxidation sites excluding steroid dienone is 2. The molecule has 18 nitrogen and oxygen atoms in total. The van der Waals surface area contributed by atoms with Crippen molar-refractivity contribution >= 4 is 40.1 Å². The highest BCUT2D eigenvalue weighted by atomic mass is 16.7. The predicted molar refractivity (Wildman–Crippen MR) is 261 cm³/mol. The first-order valence-corrected chi connectivity index (χ1v) is 24.3. The van der Waals surface area contributed by atoms with E-state index in [-0.39, 0.29) is 56.2 Å². The van der Waals surface area contributed by atoms with Crippen molar-refractivity contribution in [2.75, 3.05) is 59.3 Å². The molecule has 2 aromatic rings. The quantitative estimate of drug-likeness (QED) is 0.132. The molecule has 18 heteroatoms. The number of piperidine rings is 1. The van der Waals surface area contributed by atoms with Gasteiger partial charge in [-0.25, -0.2) is 0 Å². The van der Waals surface area contributed by atoms with Gasteiger partial charge in [0.05, 0.1) is 40.9 Å². The lowest BCUT2D eigenvalue weighted by atomic mass is 9.78. The van der Waals surface area contributed by atoms with E-state index < -0.39 is 101 Å². The minimum Gasteiger partial charge on any atom is -0.507 e. The van der Waals surface area contributed by atoms with E-state index in [9.17, 15) is 39.6 Å². The van der Waals surface area contributed by atoms with Crippen LogP contribution in [0.1, 0.15) is 91.1 Å².